The van der Waals surface area contributed by atoms with Gasteiger partial charge in [0.1, 0.15) is 30.5 Å². The van der Waals surface area contributed by atoms with Gasteiger partial charge in [0.2, 0.25) is 11.8 Å². The lowest BCUT2D eigenvalue weighted by atomic mass is 9.80. The zero-order chi connectivity index (χ0) is 64.8. The normalized spacial score (nSPS) is 11.6. The van der Waals surface area contributed by atoms with Gasteiger partial charge >= 0.3 is 0 Å². The molecule has 2 aromatic carbocycles. The van der Waals surface area contributed by atoms with E-state index in [1.54, 1.807) is 51.2 Å². The second kappa shape index (κ2) is 55.5. The maximum atomic E-state index is 14.3. The molecule has 466 valence electrons. The second-order valence-electron chi connectivity index (χ2n) is 19.9. The fourth-order valence-corrected chi connectivity index (χ4v) is 6.73. The minimum atomic E-state index is -0.428. The predicted molar refractivity (Wildman–Crippen MR) is 351 cm³/mol. The van der Waals surface area contributed by atoms with E-state index in [1.807, 2.05) is 78.2 Å². The average Bonchev–Trinajstić information content (AvgIpc) is 4.06. The lowest BCUT2D eigenvalue weighted by Crippen LogP contribution is -2.45. The largest absolute Gasteiger partial charge is 0.405 e. The van der Waals surface area contributed by atoms with Crippen LogP contribution in [0.15, 0.2) is 160 Å². The Hall–Kier alpha value is -7.07. The van der Waals surface area contributed by atoms with E-state index in [1.165, 1.54) is 41.1 Å². The molecule has 2 amide bonds. The number of carbonyl (C=O) groups is 5. The standard InChI is InChI=1S/C23H25F2N.C12H25N3O2.C12H19NO.C9H13NO.C4H9NO.C4H8.C2H5N.C2H6/c1-16(23(2,3)4)22-12-18(20-13-19(24)10-11-21(20)25)15-26(22)14-17-8-6-5-7-9-17;1-4-5-10(11(14-3)6-9-16)12(17)15-8-7-13-2;1-4-6-12(5-2)8-7-11(3)13-9-10-14;1-4-6-7-9(11)10(3)8-5-2;1-4(3-6)5-2;1-4(2)3;1-2-3;1-2/h5-13,15-16H,14H2,1-4H3;9-11,13-14H,4-8H2,1-3H3,(H,15,17);5-6,10,13H,2-4,7-9H2,1H3;4-7H,1-2,8H2,3H3;3-5H,1-2H3;1H2,2-3H3;2H,1,3H2;1-2H3/b;;12-6+;7-6-;;;;. The van der Waals surface area contributed by atoms with Crippen molar-refractivity contribution in [2.75, 3.05) is 54.4 Å². The summed E-state index contributed by atoms with van der Waals surface area (Å²) in [6.07, 6.45) is 21.0. The minimum absolute atomic E-state index is 0.00463. The van der Waals surface area contributed by atoms with E-state index in [-0.39, 0.29) is 41.1 Å². The van der Waals surface area contributed by atoms with Gasteiger partial charge in [0.25, 0.3) is 0 Å². The molecule has 0 aliphatic rings. The molecule has 4 atom stereocenters. The van der Waals surface area contributed by atoms with Crippen molar-refractivity contribution in [3.8, 4) is 11.1 Å². The van der Waals surface area contributed by atoms with Crippen LogP contribution in [0.2, 0.25) is 0 Å². The van der Waals surface area contributed by atoms with Crippen molar-refractivity contribution < 1.29 is 32.8 Å². The molecule has 1 aromatic heterocycles. The molecule has 0 saturated heterocycles. The predicted octanol–water partition coefficient (Wildman–Crippen LogP) is 13.0. The van der Waals surface area contributed by atoms with Gasteiger partial charge in [0, 0.05) is 86.4 Å². The topological polar surface area (TPSA) is 180 Å². The molecule has 3 rings (SSSR count). The number of nitrogens with zero attached hydrogens (tertiary/aromatic N) is 2. The minimum Gasteiger partial charge on any atom is -0.405 e. The number of carbonyl (C=O) groups excluding carboxylic acids is 5. The third kappa shape index (κ3) is 45.2. The van der Waals surface area contributed by atoms with E-state index in [0.717, 1.165) is 75.0 Å². The molecule has 0 radical (unpaired) electrons. The van der Waals surface area contributed by atoms with Gasteiger partial charge in [-0.25, -0.2) is 8.78 Å². The molecule has 4 unspecified atom stereocenters. The molecule has 0 aliphatic heterocycles. The van der Waals surface area contributed by atoms with Crippen LogP contribution >= 0.6 is 0 Å². The van der Waals surface area contributed by atoms with Gasteiger partial charge in [-0.05, 0) is 109 Å². The Morgan fingerprint density at radius 1 is 0.855 bits per heavy atom. The van der Waals surface area contributed by atoms with Crippen molar-refractivity contribution in [1.82, 2.24) is 36.1 Å². The van der Waals surface area contributed by atoms with E-state index < -0.39 is 11.6 Å². The Bertz CT molecular complexity index is 2320. The van der Waals surface area contributed by atoms with E-state index in [4.69, 9.17) is 0 Å². The summed E-state index contributed by atoms with van der Waals surface area (Å²) in [6.45, 7) is 46.9. The zero-order valence-corrected chi connectivity index (χ0v) is 53.6. The van der Waals surface area contributed by atoms with Crippen LogP contribution in [0, 0.1) is 23.0 Å². The number of hydrogen-bond acceptors (Lipinski definition) is 10. The number of rotatable bonds is 28. The van der Waals surface area contributed by atoms with Crippen molar-refractivity contribution in [3.05, 3.63) is 183 Å². The Morgan fingerprint density at radius 3 is 1.90 bits per heavy atom. The average molecular weight is 1160 g/mol. The summed E-state index contributed by atoms with van der Waals surface area (Å²) in [5.74, 6) is -0.711. The zero-order valence-electron chi connectivity index (χ0n) is 53.6. The fraction of sp³-hybridized carbons (Fsp3) is 0.456. The Morgan fingerprint density at radius 2 is 1.46 bits per heavy atom. The van der Waals surface area contributed by atoms with Gasteiger partial charge in [0.15, 0.2) is 0 Å². The maximum absolute atomic E-state index is 14.3. The highest BCUT2D eigenvalue weighted by Gasteiger charge is 2.27. The van der Waals surface area contributed by atoms with Gasteiger partial charge in [-0.15, -0.1) is 13.2 Å². The van der Waals surface area contributed by atoms with Crippen LogP contribution in [0.3, 0.4) is 0 Å². The van der Waals surface area contributed by atoms with Crippen LogP contribution in [0.25, 0.3) is 11.1 Å². The smallest absolute Gasteiger partial charge is 0.246 e. The molecule has 15 heteroatoms. The van der Waals surface area contributed by atoms with Crippen LogP contribution in [-0.4, -0.2) is 107 Å². The van der Waals surface area contributed by atoms with E-state index >= 15 is 0 Å². The van der Waals surface area contributed by atoms with Crippen LogP contribution in [-0.2, 0) is 30.5 Å². The Kier molecular flexibility index (Phi) is 56.6. The van der Waals surface area contributed by atoms with Crippen molar-refractivity contribution in [1.29, 1.82) is 0 Å². The summed E-state index contributed by atoms with van der Waals surface area (Å²) >= 11 is 0. The van der Waals surface area contributed by atoms with E-state index in [0.29, 0.717) is 43.7 Å². The molecule has 0 fully saturated rings. The molecular formula is C68H110F2N8O5. The van der Waals surface area contributed by atoms with Gasteiger partial charge in [-0.3, -0.25) is 9.59 Å². The van der Waals surface area contributed by atoms with Crippen LogP contribution in [0.4, 0.5) is 8.78 Å². The highest BCUT2D eigenvalue weighted by atomic mass is 19.1. The van der Waals surface area contributed by atoms with Crippen molar-refractivity contribution in [3.63, 3.8) is 0 Å². The lowest BCUT2D eigenvalue weighted by Gasteiger charge is -2.28. The van der Waals surface area contributed by atoms with Crippen molar-refractivity contribution in [2.45, 2.75) is 139 Å². The first-order chi connectivity index (χ1) is 39.4. The molecule has 0 aliphatic carbocycles. The van der Waals surface area contributed by atoms with Crippen LogP contribution in [0.1, 0.15) is 132 Å². The molecule has 7 N–H and O–H groups in total. The number of nitrogens with two attached hydrogens (primary N) is 1. The van der Waals surface area contributed by atoms with Gasteiger partial charge in [-0.2, -0.15) is 0 Å². The summed E-state index contributed by atoms with van der Waals surface area (Å²) in [6, 6.07) is 15.7. The highest BCUT2D eigenvalue weighted by molar-refractivity contribution is 5.87. The summed E-state index contributed by atoms with van der Waals surface area (Å²) in [5, 5.41) is 14.6. The number of halogens is 2. The first-order valence-electron chi connectivity index (χ1n) is 28.5. The highest BCUT2D eigenvalue weighted by Crippen LogP contribution is 2.38. The number of hydrogen-bond donors (Lipinski definition) is 6. The van der Waals surface area contributed by atoms with E-state index in [9.17, 15) is 32.8 Å². The number of allylic oxidation sites excluding steroid dienone is 7. The third-order valence-electron chi connectivity index (χ3n) is 11.6. The molecule has 0 spiro atoms. The molecule has 0 bridgehead atoms. The van der Waals surface area contributed by atoms with Crippen molar-refractivity contribution in [2.24, 2.45) is 17.1 Å². The SMILES string of the molecule is C=C(C)C.C=C/C(=C\CC)CCC(=C)NCC=O.C=C/C=C\C(=O)N(C)CC=C.C=CN.CC.CC(c1cc(-c2cc(F)ccc2F)cn1Cc1ccccc1)C(C)(C)C.CCCC(C(=O)NCCNC)C(CC=O)NC.CNC(C)C=O. The summed E-state index contributed by atoms with van der Waals surface area (Å²) < 4.78 is 30.1. The molecule has 3 aromatic rings. The molecule has 13 nitrogen and oxygen atoms in total. The van der Waals surface area contributed by atoms with Crippen molar-refractivity contribution >= 4 is 30.7 Å². The molecule has 1 heterocycles. The number of amides is 2. The van der Waals surface area contributed by atoms with E-state index in [2.05, 4.69) is 129 Å². The lowest BCUT2D eigenvalue weighted by molar-refractivity contribution is -0.126. The fourth-order valence-electron chi connectivity index (χ4n) is 6.73. The number of benzene rings is 2. The number of aromatic nitrogens is 1. The quantitative estimate of drug-likeness (QED) is 0.0135. The molecular weight excluding hydrogens is 1050 g/mol. The van der Waals surface area contributed by atoms with Crippen LogP contribution in [0.5, 0.6) is 0 Å². The van der Waals surface area contributed by atoms with Crippen LogP contribution < -0.4 is 32.3 Å². The first kappa shape index (κ1) is 84.7. The number of aldehydes is 3. The number of likely N-dealkylation sites (N-methyl/N-ethyl adjacent to an activating group) is 3. The van der Waals surface area contributed by atoms with Gasteiger partial charge < -0.3 is 56.2 Å². The van der Waals surface area contributed by atoms with Gasteiger partial charge in [0.05, 0.1) is 18.5 Å². The third-order valence-corrected chi connectivity index (χ3v) is 11.6. The first-order valence-corrected chi connectivity index (χ1v) is 28.5. The summed E-state index contributed by atoms with van der Waals surface area (Å²) in [4.78, 5) is 54.9. The summed E-state index contributed by atoms with van der Waals surface area (Å²) in [7, 11) is 7.10. The monoisotopic (exact) mass is 1160 g/mol. The molecule has 0 saturated carbocycles. The summed E-state index contributed by atoms with van der Waals surface area (Å²) in [5.41, 5.74) is 11.3. The Labute approximate surface area is 501 Å². The maximum Gasteiger partial charge on any atom is 0.246 e. The Balaban J connectivity index is -0.000000312. The second-order valence-corrected chi connectivity index (χ2v) is 19.9. The molecule has 83 heavy (non-hydrogen) atoms. The van der Waals surface area contributed by atoms with Gasteiger partial charge in [-0.1, -0.05) is 160 Å². The number of nitrogens with one attached hydrogen (secondary N) is 5.